The lowest BCUT2D eigenvalue weighted by Gasteiger charge is -2.38. The third kappa shape index (κ3) is 5.13. The second-order valence-electron chi connectivity index (χ2n) is 6.46. The summed E-state index contributed by atoms with van der Waals surface area (Å²) in [4.78, 5) is 14.2. The van der Waals surface area contributed by atoms with Crippen LogP contribution in [0.4, 0.5) is 0 Å². The molecule has 0 bridgehead atoms. The van der Waals surface area contributed by atoms with Gasteiger partial charge in [0, 0.05) is 32.1 Å². The third-order valence-electron chi connectivity index (χ3n) is 4.60. The van der Waals surface area contributed by atoms with Crippen LogP contribution in [-0.2, 0) is 11.3 Å². The van der Waals surface area contributed by atoms with Crippen LogP contribution in [0.3, 0.4) is 0 Å². The van der Waals surface area contributed by atoms with Crippen molar-refractivity contribution < 1.29 is 4.79 Å². The zero-order valence-corrected chi connectivity index (χ0v) is 14.1. The third-order valence-corrected chi connectivity index (χ3v) is 4.60. The number of amides is 1. The van der Waals surface area contributed by atoms with Gasteiger partial charge in [0.05, 0.1) is 0 Å². The van der Waals surface area contributed by atoms with E-state index >= 15 is 0 Å². The Balaban J connectivity index is 1.91. The van der Waals surface area contributed by atoms with Gasteiger partial charge in [0.25, 0.3) is 0 Å². The largest absolute Gasteiger partial charge is 0.341 e. The number of benzene rings is 1. The minimum Gasteiger partial charge on any atom is -0.341 e. The van der Waals surface area contributed by atoms with Crippen molar-refractivity contribution >= 4 is 5.91 Å². The van der Waals surface area contributed by atoms with Crippen LogP contribution in [0.25, 0.3) is 0 Å². The number of nitrogens with zero attached hydrogens (tertiary/aromatic N) is 1. The molecule has 2 rings (SSSR count). The van der Waals surface area contributed by atoms with Crippen molar-refractivity contribution in [3.8, 4) is 0 Å². The monoisotopic (exact) mass is 302 g/mol. The first-order valence-corrected chi connectivity index (χ1v) is 8.78. The molecule has 0 aliphatic carbocycles. The van der Waals surface area contributed by atoms with E-state index in [0.717, 1.165) is 19.6 Å². The predicted octanol–water partition coefficient (Wildman–Crippen LogP) is 3.59. The minimum atomic E-state index is 0.299. The number of unbranched alkanes of at least 4 members (excludes halogenated alkanes) is 1. The zero-order valence-electron chi connectivity index (χ0n) is 14.1. The molecule has 1 aliphatic rings. The topological polar surface area (TPSA) is 32.3 Å². The van der Waals surface area contributed by atoms with Crippen LogP contribution in [0.15, 0.2) is 30.3 Å². The summed E-state index contributed by atoms with van der Waals surface area (Å²) in [6.07, 6.45) is 5.56. The highest BCUT2D eigenvalue weighted by Crippen LogP contribution is 2.23. The van der Waals surface area contributed by atoms with Crippen LogP contribution in [0.1, 0.15) is 51.5 Å². The van der Waals surface area contributed by atoms with Crippen LogP contribution in [0.2, 0.25) is 0 Å². The van der Waals surface area contributed by atoms with E-state index in [1.54, 1.807) is 0 Å². The lowest BCUT2D eigenvalue weighted by Crippen LogP contribution is -2.51. The maximum atomic E-state index is 12.1. The van der Waals surface area contributed by atoms with Crippen molar-refractivity contribution in [1.29, 1.82) is 0 Å². The summed E-state index contributed by atoms with van der Waals surface area (Å²) in [7, 11) is 0. The number of likely N-dealkylation sites (tertiary alicyclic amines) is 1. The van der Waals surface area contributed by atoms with Crippen molar-refractivity contribution in [2.24, 2.45) is 5.92 Å². The van der Waals surface area contributed by atoms with E-state index in [9.17, 15) is 4.79 Å². The van der Waals surface area contributed by atoms with E-state index in [2.05, 4.69) is 41.4 Å². The highest BCUT2D eigenvalue weighted by molar-refractivity contribution is 5.76. The van der Waals surface area contributed by atoms with Crippen LogP contribution in [0, 0.1) is 5.92 Å². The summed E-state index contributed by atoms with van der Waals surface area (Å²) >= 11 is 0. The summed E-state index contributed by atoms with van der Waals surface area (Å²) in [5.74, 6) is 0.949. The SMILES string of the molecule is CCCCC1CC(NCc2ccccc2)CN(C(=O)CC)C1. The molecule has 3 nitrogen and oxygen atoms in total. The lowest BCUT2D eigenvalue weighted by atomic mass is 9.89. The number of carbonyl (C=O) groups excluding carboxylic acids is 1. The van der Waals surface area contributed by atoms with Gasteiger partial charge in [-0.3, -0.25) is 4.79 Å². The molecule has 0 spiro atoms. The fraction of sp³-hybridized carbons (Fsp3) is 0.632. The highest BCUT2D eigenvalue weighted by atomic mass is 16.2. The van der Waals surface area contributed by atoms with Crippen LogP contribution >= 0.6 is 0 Å². The Hall–Kier alpha value is -1.35. The molecule has 1 N–H and O–H groups in total. The van der Waals surface area contributed by atoms with Gasteiger partial charge in [-0.2, -0.15) is 0 Å². The van der Waals surface area contributed by atoms with Crippen molar-refractivity contribution in [3.05, 3.63) is 35.9 Å². The van der Waals surface area contributed by atoms with Gasteiger partial charge in [-0.05, 0) is 24.3 Å². The van der Waals surface area contributed by atoms with Crippen molar-refractivity contribution in [3.63, 3.8) is 0 Å². The lowest BCUT2D eigenvalue weighted by molar-refractivity contribution is -0.133. The van der Waals surface area contributed by atoms with Crippen LogP contribution in [-0.4, -0.2) is 29.9 Å². The summed E-state index contributed by atoms with van der Waals surface area (Å²) < 4.78 is 0. The van der Waals surface area contributed by atoms with Gasteiger partial charge < -0.3 is 10.2 Å². The van der Waals surface area contributed by atoms with Crippen LogP contribution in [0.5, 0.6) is 0 Å². The second-order valence-corrected chi connectivity index (χ2v) is 6.46. The minimum absolute atomic E-state index is 0.299. The molecule has 1 aliphatic heterocycles. The standard InChI is InChI=1S/C19H30N2O/c1-3-5-9-17-12-18(15-21(14-17)19(22)4-2)20-13-16-10-7-6-8-11-16/h6-8,10-11,17-18,20H,3-5,9,12-15H2,1-2H3. The van der Waals surface area contributed by atoms with Gasteiger partial charge in [-0.15, -0.1) is 0 Å². The molecular formula is C19H30N2O. The first-order valence-electron chi connectivity index (χ1n) is 8.78. The van der Waals surface area contributed by atoms with Gasteiger partial charge in [0.2, 0.25) is 5.91 Å². The molecule has 0 saturated carbocycles. The molecule has 1 aromatic rings. The molecule has 1 aromatic carbocycles. The Morgan fingerprint density at radius 2 is 2.00 bits per heavy atom. The van der Waals surface area contributed by atoms with E-state index in [1.165, 1.54) is 31.2 Å². The summed E-state index contributed by atoms with van der Waals surface area (Å²) in [5.41, 5.74) is 1.31. The summed E-state index contributed by atoms with van der Waals surface area (Å²) in [6.45, 7) is 6.91. The van der Waals surface area contributed by atoms with Crippen molar-refractivity contribution in [2.75, 3.05) is 13.1 Å². The molecule has 2 atom stereocenters. The van der Waals surface area contributed by atoms with E-state index in [4.69, 9.17) is 0 Å². The van der Waals surface area contributed by atoms with Gasteiger partial charge in [-0.25, -0.2) is 0 Å². The Morgan fingerprint density at radius 1 is 1.23 bits per heavy atom. The molecule has 1 heterocycles. The Morgan fingerprint density at radius 3 is 2.68 bits per heavy atom. The first-order chi connectivity index (χ1) is 10.7. The summed E-state index contributed by atoms with van der Waals surface area (Å²) in [6, 6.07) is 10.9. The predicted molar refractivity (Wildman–Crippen MR) is 91.6 cm³/mol. The fourth-order valence-electron chi connectivity index (χ4n) is 3.34. The van der Waals surface area contributed by atoms with Crippen molar-refractivity contribution in [2.45, 2.75) is 58.5 Å². The fourth-order valence-corrected chi connectivity index (χ4v) is 3.34. The quantitative estimate of drug-likeness (QED) is 0.835. The first kappa shape index (κ1) is 17.0. The smallest absolute Gasteiger partial charge is 0.222 e. The van der Waals surface area contributed by atoms with E-state index in [0.29, 0.717) is 24.3 Å². The Labute approximate surface area is 135 Å². The number of hydrogen-bond acceptors (Lipinski definition) is 2. The van der Waals surface area contributed by atoms with Gasteiger partial charge in [-0.1, -0.05) is 57.0 Å². The van der Waals surface area contributed by atoms with Crippen molar-refractivity contribution in [1.82, 2.24) is 10.2 Å². The van der Waals surface area contributed by atoms with Gasteiger partial charge >= 0.3 is 0 Å². The molecule has 1 fully saturated rings. The van der Waals surface area contributed by atoms with Gasteiger partial charge in [0.15, 0.2) is 0 Å². The summed E-state index contributed by atoms with van der Waals surface area (Å²) in [5, 5.41) is 3.66. The molecule has 1 saturated heterocycles. The number of carbonyl (C=O) groups is 1. The molecule has 0 aromatic heterocycles. The highest BCUT2D eigenvalue weighted by Gasteiger charge is 2.28. The average molecular weight is 302 g/mol. The van der Waals surface area contributed by atoms with E-state index < -0.39 is 0 Å². The normalized spacial score (nSPS) is 21.8. The maximum Gasteiger partial charge on any atom is 0.222 e. The number of hydrogen-bond donors (Lipinski definition) is 1. The molecule has 22 heavy (non-hydrogen) atoms. The van der Waals surface area contributed by atoms with E-state index in [1.807, 2.05) is 13.0 Å². The Bertz CT molecular complexity index is 446. The zero-order chi connectivity index (χ0) is 15.8. The van der Waals surface area contributed by atoms with Gasteiger partial charge in [0.1, 0.15) is 0 Å². The Kier molecular flexibility index (Phi) is 6.91. The average Bonchev–Trinajstić information content (AvgIpc) is 2.58. The molecule has 0 radical (unpaired) electrons. The van der Waals surface area contributed by atoms with E-state index in [-0.39, 0.29) is 0 Å². The molecule has 1 amide bonds. The number of rotatable bonds is 7. The molecule has 3 heteroatoms. The number of piperidine rings is 1. The molecular weight excluding hydrogens is 272 g/mol. The van der Waals surface area contributed by atoms with Crippen LogP contribution < -0.4 is 5.32 Å². The molecule has 122 valence electrons. The second kappa shape index (κ2) is 8.94. The number of nitrogens with one attached hydrogen (secondary N) is 1. The molecule has 2 unspecified atom stereocenters. The maximum absolute atomic E-state index is 12.1.